The van der Waals surface area contributed by atoms with Crippen molar-refractivity contribution in [2.24, 2.45) is 0 Å². The van der Waals surface area contributed by atoms with Crippen molar-refractivity contribution in [3.63, 3.8) is 0 Å². The average Bonchev–Trinajstić information content (AvgIpc) is 2.46. The second-order valence-electron chi connectivity index (χ2n) is 4.77. The van der Waals surface area contributed by atoms with E-state index < -0.39 is 0 Å². The molecule has 1 aromatic carbocycles. The number of unbranched alkanes of at least 4 members (excludes halogenated alkanes) is 4. The summed E-state index contributed by atoms with van der Waals surface area (Å²) in [6, 6.07) is 7.46. The number of ether oxygens (including phenoxy) is 1. The molecule has 110 valence electrons. The molecule has 4 nitrogen and oxygen atoms in total. The summed E-state index contributed by atoms with van der Waals surface area (Å²) < 4.78 is 4.87. The summed E-state index contributed by atoms with van der Waals surface area (Å²) >= 11 is 0. The maximum absolute atomic E-state index is 10.5. The van der Waals surface area contributed by atoms with E-state index in [2.05, 4.69) is 5.32 Å². The fraction of sp³-hybridized carbons (Fsp3) is 0.500. The summed E-state index contributed by atoms with van der Waals surface area (Å²) in [6.07, 6.45) is 6.33. The van der Waals surface area contributed by atoms with Gasteiger partial charge in [0.2, 0.25) is 0 Å². The van der Waals surface area contributed by atoms with Gasteiger partial charge in [0.05, 0.1) is 6.61 Å². The summed E-state index contributed by atoms with van der Waals surface area (Å²) in [7, 11) is 0. The molecule has 0 aliphatic rings. The Hall–Kier alpha value is -1.84. The number of hydrogen-bond acceptors (Lipinski definition) is 4. The summed E-state index contributed by atoms with van der Waals surface area (Å²) in [5, 5.41) is 3.33. The van der Waals surface area contributed by atoms with Gasteiger partial charge in [0.25, 0.3) is 0 Å². The Labute approximate surface area is 120 Å². The van der Waals surface area contributed by atoms with Crippen molar-refractivity contribution in [1.29, 1.82) is 0 Å². The molecule has 0 fully saturated rings. The van der Waals surface area contributed by atoms with Crippen molar-refractivity contribution in [2.75, 3.05) is 18.5 Å². The third-order valence-corrected chi connectivity index (χ3v) is 3.00. The lowest BCUT2D eigenvalue weighted by atomic mass is 10.1. The highest BCUT2D eigenvalue weighted by molar-refractivity contribution is 5.75. The van der Waals surface area contributed by atoms with Crippen LogP contribution in [0.15, 0.2) is 24.3 Å². The minimum atomic E-state index is -0.199. The van der Waals surface area contributed by atoms with E-state index in [4.69, 9.17) is 4.74 Å². The zero-order valence-corrected chi connectivity index (χ0v) is 12.1. The van der Waals surface area contributed by atoms with Crippen molar-refractivity contribution >= 4 is 17.9 Å². The van der Waals surface area contributed by atoms with E-state index in [1.165, 1.54) is 13.3 Å². The predicted octanol–water partition coefficient (Wildman–Crippen LogP) is 3.42. The summed E-state index contributed by atoms with van der Waals surface area (Å²) in [5.74, 6) is -0.199. The predicted molar refractivity (Wildman–Crippen MR) is 80.0 cm³/mol. The number of aldehydes is 1. The van der Waals surface area contributed by atoms with E-state index in [9.17, 15) is 9.59 Å². The fourth-order valence-electron chi connectivity index (χ4n) is 1.89. The molecule has 1 rings (SSSR count). The number of hydrogen-bond donors (Lipinski definition) is 1. The molecule has 0 radical (unpaired) electrons. The van der Waals surface area contributed by atoms with Crippen LogP contribution < -0.4 is 5.32 Å². The Morgan fingerprint density at radius 3 is 2.40 bits per heavy atom. The smallest absolute Gasteiger partial charge is 0.302 e. The van der Waals surface area contributed by atoms with Gasteiger partial charge in [-0.25, -0.2) is 0 Å². The SMILES string of the molecule is CC(=O)OCCCCCCCNc1ccc(C=O)cc1. The lowest BCUT2D eigenvalue weighted by Crippen LogP contribution is -2.02. The van der Waals surface area contributed by atoms with Crippen molar-refractivity contribution in [2.45, 2.75) is 39.0 Å². The highest BCUT2D eigenvalue weighted by Gasteiger charge is 1.95. The monoisotopic (exact) mass is 277 g/mol. The maximum atomic E-state index is 10.5. The molecule has 1 aromatic rings. The Morgan fingerprint density at radius 2 is 1.75 bits per heavy atom. The molecular weight excluding hydrogens is 254 g/mol. The quantitative estimate of drug-likeness (QED) is 0.404. The molecule has 0 aliphatic heterocycles. The van der Waals surface area contributed by atoms with E-state index in [0.29, 0.717) is 12.2 Å². The van der Waals surface area contributed by atoms with Crippen molar-refractivity contribution < 1.29 is 14.3 Å². The van der Waals surface area contributed by atoms with Crippen LogP contribution in [0, 0.1) is 0 Å². The van der Waals surface area contributed by atoms with Crippen LogP contribution >= 0.6 is 0 Å². The highest BCUT2D eigenvalue weighted by Crippen LogP contribution is 2.09. The lowest BCUT2D eigenvalue weighted by Gasteiger charge is -2.06. The van der Waals surface area contributed by atoms with Crippen LogP contribution in [0.1, 0.15) is 49.4 Å². The molecule has 0 amide bonds. The third-order valence-electron chi connectivity index (χ3n) is 3.00. The number of carbonyl (C=O) groups excluding carboxylic acids is 2. The lowest BCUT2D eigenvalue weighted by molar-refractivity contribution is -0.141. The first-order chi connectivity index (χ1) is 9.72. The summed E-state index contributed by atoms with van der Waals surface area (Å²) in [6.45, 7) is 2.91. The van der Waals surface area contributed by atoms with Gasteiger partial charge in [-0.1, -0.05) is 19.3 Å². The van der Waals surface area contributed by atoms with Crippen LogP contribution in [0.5, 0.6) is 0 Å². The van der Waals surface area contributed by atoms with Crippen LogP contribution in [0.2, 0.25) is 0 Å². The van der Waals surface area contributed by atoms with E-state index in [1.807, 2.05) is 24.3 Å². The number of esters is 1. The van der Waals surface area contributed by atoms with Gasteiger partial charge in [-0.15, -0.1) is 0 Å². The topological polar surface area (TPSA) is 55.4 Å². The van der Waals surface area contributed by atoms with Crippen molar-refractivity contribution in [3.8, 4) is 0 Å². The second-order valence-corrected chi connectivity index (χ2v) is 4.77. The van der Waals surface area contributed by atoms with E-state index in [-0.39, 0.29) is 5.97 Å². The molecule has 0 saturated carbocycles. The Balaban J connectivity index is 1.96. The number of rotatable bonds is 10. The molecule has 1 N–H and O–H groups in total. The zero-order chi connectivity index (χ0) is 14.6. The normalized spacial score (nSPS) is 10.1. The van der Waals surface area contributed by atoms with Gasteiger partial charge < -0.3 is 10.1 Å². The standard InChI is InChI=1S/C16H23NO3/c1-14(19)20-12-6-4-2-3-5-11-17-16-9-7-15(13-18)8-10-16/h7-10,13,17H,2-6,11-12H2,1H3. The second kappa shape index (κ2) is 10.0. The Morgan fingerprint density at radius 1 is 1.10 bits per heavy atom. The zero-order valence-electron chi connectivity index (χ0n) is 12.1. The van der Waals surface area contributed by atoms with Crippen LogP contribution in [-0.2, 0) is 9.53 Å². The molecule has 0 atom stereocenters. The van der Waals surface area contributed by atoms with Gasteiger partial charge in [-0.3, -0.25) is 9.59 Å². The minimum Gasteiger partial charge on any atom is -0.466 e. The molecule has 4 heteroatoms. The first-order valence-electron chi connectivity index (χ1n) is 7.15. The highest BCUT2D eigenvalue weighted by atomic mass is 16.5. The summed E-state index contributed by atoms with van der Waals surface area (Å²) in [4.78, 5) is 21.1. The number of benzene rings is 1. The third kappa shape index (κ3) is 7.56. The van der Waals surface area contributed by atoms with Gasteiger partial charge in [0, 0.05) is 24.7 Å². The Kier molecular flexibility index (Phi) is 8.11. The van der Waals surface area contributed by atoms with E-state index in [0.717, 1.165) is 44.2 Å². The van der Waals surface area contributed by atoms with Gasteiger partial charge >= 0.3 is 5.97 Å². The van der Waals surface area contributed by atoms with Gasteiger partial charge in [-0.05, 0) is 37.1 Å². The molecule has 20 heavy (non-hydrogen) atoms. The van der Waals surface area contributed by atoms with Crippen molar-refractivity contribution in [3.05, 3.63) is 29.8 Å². The fourth-order valence-corrected chi connectivity index (χ4v) is 1.89. The molecule has 0 saturated heterocycles. The van der Waals surface area contributed by atoms with Gasteiger partial charge in [-0.2, -0.15) is 0 Å². The first-order valence-corrected chi connectivity index (χ1v) is 7.15. The van der Waals surface area contributed by atoms with Crippen LogP contribution in [-0.4, -0.2) is 25.4 Å². The van der Waals surface area contributed by atoms with Gasteiger partial charge in [0.15, 0.2) is 0 Å². The molecule has 0 spiro atoms. The first kappa shape index (κ1) is 16.2. The molecule has 0 heterocycles. The van der Waals surface area contributed by atoms with E-state index >= 15 is 0 Å². The van der Waals surface area contributed by atoms with Crippen LogP contribution in [0.3, 0.4) is 0 Å². The molecule has 0 bridgehead atoms. The average molecular weight is 277 g/mol. The van der Waals surface area contributed by atoms with Crippen LogP contribution in [0.25, 0.3) is 0 Å². The van der Waals surface area contributed by atoms with Gasteiger partial charge in [0.1, 0.15) is 6.29 Å². The molecule has 0 aromatic heterocycles. The van der Waals surface area contributed by atoms with E-state index in [1.54, 1.807) is 0 Å². The summed E-state index contributed by atoms with van der Waals surface area (Å²) in [5.41, 5.74) is 1.74. The number of nitrogens with one attached hydrogen (secondary N) is 1. The van der Waals surface area contributed by atoms with Crippen LogP contribution in [0.4, 0.5) is 5.69 Å². The number of carbonyl (C=O) groups is 2. The minimum absolute atomic E-state index is 0.199. The number of anilines is 1. The molecule has 0 aliphatic carbocycles. The van der Waals surface area contributed by atoms with Crippen molar-refractivity contribution in [1.82, 2.24) is 0 Å². The molecule has 0 unspecified atom stereocenters. The Bertz CT molecular complexity index is 401. The largest absolute Gasteiger partial charge is 0.466 e. The molecular formula is C16H23NO3. The maximum Gasteiger partial charge on any atom is 0.302 e.